The number of hydrogen-bond acceptors (Lipinski definition) is 4. The fourth-order valence-corrected chi connectivity index (χ4v) is 2.22. The van der Waals surface area contributed by atoms with Crippen molar-refractivity contribution in [3.8, 4) is 5.75 Å². The van der Waals surface area contributed by atoms with E-state index in [1.54, 1.807) is 12.1 Å². The topological polar surface area (TPSA) is 41.9 Å². The van der Waals surface area contributed by atoms with Gasteiger partial charge in [0.2, 0.25) is 6.08 Å². The lowest BCUT2D eigenvalue weighted by Crippen LogP contribution is -2.40. The van der Waals surface area contributed by atoms with Crippen LogP contribution in [0.4, 0.5) is 5.69 Å². The summed E-state index contributed by atoms with van der Waals surface area (Å²) in [4.78, 5) is 16.0. The first kappa shape index (κ1) is 12.8. The van der Waals surface area contributed by atoms with Crippen molar-refractivity contribution in [2.75, 3.05) is 20.2 Å². The molecule has 1 unspecified atom stereocenters. The van der Waals surface area contributed by atoms with E-state index < -0.39 is 0 Å². The summed E-state index contributed by atoms with van der Waals surface area (Å²) in [5.74, 6) is 0.818. The highest BCUT2D eigenvalue weighted by atomic mass is 16.5. The molecule has 0 bridgehead atoms. The third-order valence-corrected chi connectivity index (χ3v) is 3.38. The molecule has 1 aliphatic rings. The Morgan fingerprint density at radius 2 is 2.17 bits per heavy atom. The highest BCUT2D eigenvalue weighted by molar-refractivity contribution is 5.49. The van der Waals surface area contributed by atoms with Gasteiger partial charge in [-0.1, -0.05) is 6.42 Å². The van der Waals surface area contributed by atoms with Gasteiger partial charge in [-0.3, -0.25) is 0 Å². The maximum atomic E-state index is 10.1. The molecular formula is C14H18N2O2. The summed E-state index contributed by atoms with van der Waals surface area (Å²) in [6.07, 6.45) is 5.29. The molecule has 2 rings (SSSR count). The van der Waals surface area contributed by atoms with E-state index >= 15 is 0 Å². The monoisotopic (exact) mass is 246 g/mol. The van der Waals surface area contributed by atoms with Gasteiger partial charge in [0.15, 0.2) is 0 Å². The number of likely N-dealkylation sites (tertiary alicyclic amines) is 1. The Morgan fingerprint density at radius 1 is 1.39 bits per heavy atom. The Kier molecular flexibility index (Phi) is 4.51. The molecule has 0 N–H and O–H groups in total. The molecular weight excluding hydrogens is 228 g/mol. The van der Waals surface area contributed by atoms with Crippen LogP contribution in [0.2, 0.25) is 0 Å². The average Bonchev–Trinajstić information content (AvgIpc) is 2.40. The number of hydrogen-bond donors (Lipinski definition) is 0. The van der Waals surface area contributed by atoms with E-state index in [1.807, 2.05) is 12.1 Å². The van der Waals surface area contributed by atoms with Crippen LogP contribution in [0, 0.1) is 0 Å². The van der Waals surface area contributed by atoms with E-state index in [0.29, 0.717) is 18.3 Å². The van der Waals surface area contributed by atoms with Crippen LogP contribution < -0.4 is 4.74 Å². The van der Waals surface area contributed by atoms with E-state index in [4.69, 9.17) is 4.74 Å². The fraction of sp³-hybridized carbons (Fsp3) is 0.500. The SMILES string of the molecule is CN1CCCCC1COc1ccc(N=C=O)cc1. The maximum Gasteiger partial charge on any atom is 0.240 e. The molecule has 0 aromatic heterocycles. The second-order valence-corrected chi connectivity index (χ2v) is 4.64. The van der Waals surface area contributed by atoms with Crippen LogP contribution in [0.3, 0.4) is 0 Å². The van der Waals surface area contributed by atoms with Crippen molar-refractivity contribution in [1.82, 2.24) is 4.90 Å². The van der Waals surface area contributed by atoms with Crippen LogP contribution in [0.15, 0.2) is 29.3 Å². The summed E-state index contributed by atoms with van der Waals surface area (Å²) in [6, 6.07) is 7.68. The van der Waals surface area contributed by atoms with Gasteiger partial charge in [0.25, 0.3) is 0 Å². The second kappa shape index (κ2) is 6.34. The lowest BCUT2D eigenvalue weighted by atomic mass is 10.0. The van der Waals surface area contributed by atoms with Crippen LogP contribution in [0.25, 0.3) is 0 Å². The highest BCUT2D eigenvalue weighted by Crippen LogP contribution is 2.20. The molecule has 1 fully saturated rings. The summed E-state index contributed by atoms with van der Waals surface area (Å²) in [5, 5.41) is 0. The Bertz CT molecular complexity index is 424. The van der Waals surface area contributed by atoms with Gasteiger partial charge in [-0.2, -0.15) is 4.99 Å². The largest absolute Gasteiger partial charge is 0.492 e. The van der Waals surface area contributed by atoms with Crippen molar-refractivity contribution in [2.45, 2.75) is 25.3 Å². The standard InChI is InChI=1S/C14H18N2O2/c1-16-9-3-2-4-13(16)10-18-14-7-5-12(6-8-14)15-11-17/h5-8,13H,2-4,9-10H2,1H3. The van der Waals surface area contributed by atoms with E-state index in [1.165, 1.54) is 25.3 Å². The first-order chi connectivity index (χ1) is 8.79. The number of likely N-dealkylation sites (N-methyl/N-ethyl adjacent to an activating group) is 1. The molecule has 0 aliphatic carbocycles. The smallest absolute Gasteiger partial charge is 0.240 e. The van der Waals surface area contributed by atoms with Crippen molar-refractivity contribution in [3.05, 3.63) is 24.3 Å². The normalized spacial score (nSPS) is 20.2. The Balaban J connectivity index is 1.87. The van der Waals surface area contributed by atoms with E-state index in [0.717, 1.165) is 12.3 Å². The fourth-order valence-electron chi connectivity index (χ4n) is 2.22. The van der Waals surface area contributed by atoms with Gasteiger partial charge in [0.05, 0.1) is 5.69 Å². The number of carbonyl (C=O) groups excluding carboxylic acids is 1. The zero-order valence-electron chi connectivity index (χ0n) is 10.6. The summed E-state index contributed by atoms with van der Waals surface area (Å²) < 4.78 is 5.77. The first-order valence-electron chi connectivity index (χ1n) is 6.30. The minimum absolute atomic E-state index is 0.506. The average molecular weight is 246 g/mol. The van der Waals surface area contributed by atoms with Gasteiger partial charge in [-0.15, -0.1) is 0 Å². The third-order valence-electron chi connectivity index (χ3n) is 3.38. The maximum absolute atomic E-state index is 10.1. The van der Waals surface area contributed by atoms with Crippen LogP contribution >= 0.6 is 0 Å². The van der Waals surface area contributed by atoms with Crippen LogP contribution in [0.5, 0.6) is 5.75 Å². The second-order valence-electron chi connectivity index (χ2n) is 4.64. The molecule has 1 aliphatic heterocycles. The zero-order valence-corrected chi connectivity index (χ0v) is 10.6. The van der Waals surface area contributed by atoms with Gasteiger partial charge in [0.1, 0.15) is 12.4 Å². The molecule has 4 nitrogen and oxygen atoms in total. The molecule has 1 saturated heterocycles. The van der Waals surface area contributed by atoms with Gasteiger partial charge in [-0.05, 0) is 50.7 Å². The zero-order chi connectivity index (χ0) is 12.8. The van der Waals surface area contributed by atoms with Crippen molar-refractivity contribution < 1.29 is 9.53 Å². The highest BCUT2D eigenvalue weighted by Gasteiger charge is 2.19. The molecule has 0 radical (unpaired) electrons. The van der Waals surface area contributed by atoms with Crippen molar-refractivity contribution >= 4 is 11.8 Å². The number of rotatable bonds is 4. The van der Waals surface area contributed by atoms with Gasteiger partial charge in [-0.25, -0.2) is 4.79 Å². The van der Waals surface area contributed by atoms with Crippen LogP contribution in [-0.2, 0) is 4.79 Å². The van der Waals surface area contributed by atoms with Crippen LogP contribution in [0.1, 0.15) is 19.3 Å². The lowest BCUT2D eigenvalue weighted by Gasteiger charge is -2.32. The predicted octanol–water partition coefficient (Wildman–Crippen LogP) is 2.52. The summed E-state index contributed by atoms with van der Waals surface area (Å²) in [5.41, 5.74) is 0.604. The Morgan fingerprint density at radius 3 is 2.83 bits per heavy atom. The summed E-state index contributed by atoms with van der Waals surface area (Å²) >= 11 is 0. The van der Waals surface area contributed by atoms with Crippen molar-refractivity contribution in [3.63, 3.8) is 0 Å². The predicted molar refractivity (Wildman–Crippen MR) is 70.0 cm³/mol. The van der Waals surface area contributed by atoms with Gasteiger partial charge >= 0.3 is 0 Å². The summed E-state index contributed by atoms with van der Waals surface area (Å²) in [6.45, 7) is 1.87. The van der Waals surface area contributed by atoms with E-state index in [9.17, 15) is 4.79 Å². The third kappa shape index (κ3) is 3.42. The first-order valence-corrected chi connectivity index (χ1v) is 6.30. The number of piperidine rings is 1. The quantitative estimate of drug-likeness (QED) is 0.605. The van der Waals surface area contributed by atoms with E-state index in [2.05, 4.69) is 16.9 Å². The van der Waals surface area contributed by atoms with Gasteiger partial charge < -0.3 is 9.64 Å². The molecule has 0 spiro atoms. The molecule has 1 aromatic rings. The molecule has 0 saturated carbocycles. The number of aliphatic imine (C=N–C) groups is 1. The number of isocyanates is 1. The minimum Gasteiger partial charge on any atom is -0.492 e. The lowest BCUT2D eigenvalue weighted by molar-refractivity contribution is 0.125. The number of ether oxygens (including phenoxy) is 1. The molecule has 1 heterocycles. The molecule has 0 amide bonds. The van der Waals surface area contributed by atoms with Crippen LogP contribution in [-0.4, -0.2) is 37.2 Å². The molecule has 18 heavy (non-hydrogen) atoms. The molecule has 4 heteroatoms. The number of benzene rings is 1. The van der Waals surface area contributed by atoms with Crippen molar-refractivity contribution in [1.29, 1.82) is 0 Å². The Hall–Kier alpha value is -1.64. The summed E-state index contributed by atoms with van der Waals surface area (Å²) in [7, 11) is 2.15. The molecule has 1 atom stereocenters. The van der Waals surface area contributed by atoms with Gasteiger partial charge in [0, 0.05) is 6.04 Å². The minimum atomic E-state index is 0.506. The van der Waals surface area contributed by atoms with Crippen molar-refractivity contribution in [2.24, 2.45) is 4.99 Å². The molecule has 96 valence electrons. The Labute approximate surface area is 107 Å². The number of nitrogens with zero attached hydrogens (tertiary/aromatic N) is 2. The van der Waals surface area contributed by atoms with E-state index in [-0.39, 0.29) is 0 Å². The molecule has 1 aromatic carbocycles.